The summed E-state index contributed by atoms with van der Waals surface area (Å²) in [4.78, 5) is 4.18. The maximum Gasteiger partial charge on any atom is 0.240 e. The lowest BCUT2D eigenvalue weighted by molar-refractivity contribution is 0.379. The Balaban J connectivity index is 1.63. The van der Waals surface area contributed by atoms with Crippen molar-refractivity contribution in [3.05, 3.63) is 65.3 Å². The van der Waals surface area contributed by atoms with Crippen molar-refractivity contribution in [1.29, 1.82) is 0 Å². The number of sulfonamides is 1. The van der Waals surface area contributed by atoms with Gasteiger partial charge in [0, 0.05) is 18.5 Å². The second-order valence-electron chi connectivity index (χ2n) is 5.09. The Morgan fingerprint density at radius 2 is 1.84 bits per heavy atom. The number of halogens is 2. The molecule has 0 unspecified atom stereocenters. The molecule has 1 heterocycles. The van der Waals surface area contributed by atoms with Crippen LogP contribution in [0.3, 0.4) is 0 Å². The molecule has 3 aromatic rings. The van der Waals surface area contributed by atoms with Crippen LogP contribution in [0.4, 0.5) is 4.39 Å². The topological polar surface area (TPSA) is 85.1 Å². The molecular formula is C16H13ClFN3O3S. The van der Waals surface area contributed by atoms with Gasteiger partial charge in [-0.15, -0.1) is 0 Å². The summed E-state index contributed by atoms with van der Waals surface area (Å²) in [6.45, 7) is 0.0594. The van der Waals surface area contributed by atoms with Gasteiger partial charge in [0.15, 0.2) is 0 Å². The van der Waals surface area contributed by atoms with Gasteiger partial charge in [-0.3, -0.25) is 0 Å². The van der Waals surface area contributed by atoms with Crippen LogP contribution in [0.2, 0.25) is 5.02 Å². The Labute approximate surface area is 148 Å². The van der Waals surface area contributed by atoms with Gasteiger partial charge in [0.1, 0.15) is 5.82 Å². The van der Waals surface area contributed by atoms with Crippen LogP contribution in [-0.4, -0.2) is 25.1 Å². The lowest BCUT2D eigenvalue weighted by atomic mass is 10.2. The number of rotatable bonds is 6. The van der Waals surface area contributed by atoms with Gasteiger partial charge < -0.3 is 4.52 Å². The normalized spacial score (nSPS) is 11.6. The van der Waals surface area contributed by atoms with Crippen molar-refractivity contribution in [2.24, 2.45) is 0 Å². The molecule has 9 heteroatoms. The zero-order chi connectivity index (χ0) is 17.9. The van der Waals surface area contributed by atoms with E-state index in [1.807, 2.05) is 0 Å². The van der Waals surface area contributed by atoms with Gasteiger partial charge in [0.2, 0.25) is 21.7 Å². The Bertz CT molecular complexity index is 974. The summed E-state index contributed by atoms with van der Waals surface area (Å²) in [5.41, 5.74) is 0.631. The fourth-order valence-electron chi connectivity index (χ4n) is 2.10. The van der Waals surface area contributed by atoms with Gasteiger partial charge >= 0.3 is 0 Å². The predicted molar refractivity (Wildman–Crippen MR) is 90.0 cm³/mol. The second-order valence-corrected chi connectivity index (χ2v) is 7.27. The molecule has 0 saturated heterocycles. The highest BCUT2D eigenvalue weighted by Crippen LogP contribution is 2.24. The van der Waals surface area contributed by atoms with Crippen LogP contribution in [0, 0.1) is 5.82 Å². The van der Waals surface area contributed by atoms with Gasteiger partial charge in [-0.25, -0.2) is 17.5 Å². The Morgan fingerprint density at radius 1 is 1.12 bits per heavy atom. The summed E-state index contributed by atoms with van der Waals surface area (Å²) in [5, 5.41) is 4.33. The molecule has 0 aliphatic carbocycles. The smallest absolute Gasteiger partial charge is 0.240 e. The second kappa shape index (κ2) is 7.30. The van der Waals surface area contributed by atoms with E-state index in [0.717, 1.165) is 12.1 Å². The minimum absolute atomic E-state index is 0.0174. The zero-order valence-corrected chi connectivity index (χ0v) is 14.4. The molecule has 0 aliphatic heterocycles. The summed E-state index contributed by atoms with van der Waals surface area (Å²) >= 11 is 6.07. The van der Waals surface area contributed by atoms with Gasteiger partial charge in [0.25, 0.3) is 0 Å². The van der Waals surface area contributed by atoms with Crippen LogP contribution in [0.15, 0.2) is 57.9 Å². The molecule has 0 spiro atoms. The number of benzene rings is 2. The molecular weight excluding hydrogens is 369 g/mol. The monoisotopic (exact) mass is 381 g/mol. The van der Waals surface area contributed by atoms with E-state index in [0.29, 0.717) is 16.4 Å². The first kappa shape index (κ1) is 17.5. The Morgan fingerprint density at radius 3 is 2.56 bits per heavy atom. The van der Waals surface area contributed by atoms with E-state index >= 15 is 0 Å². The molecule has 25 heavy (non-hydrogen) atoms. The highest BCUT2D eigenvalue weighted by Gasteiger charge is 2.15. The average Bonchev–Trinajstić information content (AvgIpc) is 3.04. The van der Waals surface area contributed by atoms with E-state index < -0.39 is 15.8 Å². The molecule has 1 aromatic heterocycles. The Kier molecular flexibility index (Phi) is 5.12. The third-order valence-electron chi connectivity index (χ3n) is 3.34. The van der Waals surface area contributed by atoms with E-state index in [9.17, 15) is 12.8 Å². The molecule has 0 aliphatic rings. The van der Waals surface area contributed by atoms with Crippen LogP contribution in [0.25, 0.3) is 11.4 Å². The van der Waals surface area contributed by atoms with E-state index in [4.69, 9.17) is 16.1 Å². The molecule has 0 radical (unpaired) electrons. The van der Waals surface area contributed by atoms with Gasteiger partial charge in [0.05, 0.1) is 9.92 Å². The molecule has 2 aromatic carbocycles. The average molecular weight is 382 g/mol. The molecule has 1 N–H and O–H groups in total. The van der Waals surface area contributed by atoms with Crippen molar-refractivity contribution >= 4 is 21.6 Å². The van der Waals surface area contributed by atoms with Crippen LogP contribution >= 0.6 is 11.6 Å². The van der Waals surface area contributed by atoms with Crippen LogP contribution in [-0.2, 0) is 16.4 Å². The Hall–Kier alpha value is -2.29. The molecule has 0 saturated carbocycles. The van der Waals surface area contributed by atoms with Crippen molar-refractivity contribution in [2.45, 2.75) is 11.3 Å². The molecule has 6 nitrogen and oxygen atoms in total. The summed E-state index contributed by atoms with van der Waals surface area (Å²) in [7, 11) is -3.73. The number of nitrogens with zero attached hydrogens (tertiary/aromatic N) is 2. The highest BCUT2D eigenvalue weighted by atomic mass is 35.5. The summed E-state index contributed by atoms with van der Waals surface area (Å²) < 4.78 is 44.5. The highest BCUT2D eigenvalue weighted by molar-refractivity contribution is 7.89. The quantitative estimate of drug-likeness (QED) is 0.709. The van der Waals surface area contributed by atoms with Gasteiger partial charge in [-0.05, 0) is 36.4 Å². The summed E-state index contributed by atoms with van der Waals surface area (Å²) in [6, 6.07) is 11.6. The summed E-state index contributed by atoms with van der Waals surface area (Å²) in [6.07, 6.45) is 0.206. The number of hydrogen-bond acceptors (Lipinski definition) is 5. The third-order valence-corrected chi connectivity index (χ3v) is 5.14. The molecule has 0 fully saturated rings. The number of nitrogens with one attached hydrogen (secondary N) is 1. The number of aromatic nitrogens is 2. The summed E-state index contributed by atoms with van der Waals surface area (Å²) in [5.74, 6) is 0.107. The molecule has 0 atom stereocenters. The maximum atomic E-state index is 12.9. The van der Waals surface area contributed by atoms with Crippen LogP contribution in [0.5, 0.6) is 0 Å². The lowest BCUT2D eigenvalue weighted by Crippen LogP contribution is -2.26. The standard InChI is InChI=1S/C16H13ClFN3O3S/c17-14-4-2-1-3-13(14)16-20-15(24-21-16)9-10-19-25(22,23)12-7-5-11(18)6-8-12/h1-8,19H,9-10H2. The first-order valence-corrected chi connectivity index (χ1v) is 9.14. The van der Waals surface area contributed by atoms with Gasteiger partial charge in [-0.1, -0.05) is 28.9 Å². The van der Waals surface area contributed by atoms with Crippen molar-refractivity contribution in [1.82, 2.24) is 14.9 Å². The first-order chi connectivity index (χ1) is 12.0. The van der Waals surface area contributed by atoms with Crippen LogP contribution in [0.1, 0.15) is 5.89 Å². The third kappa shape index (κ3) is 4.22. The molecule has 130 valence electrons. The van der Waals surface area contributed by atoms with Crippen molar-refractivity contribution in [2.75, 3.05) is 6.54 Å². The fraction of sp³-hybridized carbons (Fsp3) is 0.125. The minimum atomic E-state index is -3.73. The van der Waals surface area contributed by atoms with Crippen molar-refractivity contribution in [3.63, 3.8) is 0 Å². The first-order valence-electron chi connectivity index (χ1n) is 7.28. The largest absolute Gasteiger partial charge is 0.339 e. The van der Waals surface area contributed by atoms with E-state index in [-0.39, 0.29) is 23.8 Å². The zero-order valence-electron chi connectivity index (χ0n) is 12.8. The lowest BCUT2D eigenvalue weighted by Gasteiger charge is -2.05. The van der Waals surface area contributed by atoms with Crippen molar-refractivity contribution in [3.8, 4) is 11.4 Å². The number of hydrogen-bond donors (Lipinski definition) is 1. The fourth-order valence-corrected chi connectivity index (χ4v) is 3.35. The molecule has 0 bridgehead atoms. The van der Waals surface area contributed by atoms with E-state index in [2.05, 4.69) is 14.9 Å². The van der Waals surface area contributed by atoms with Crippen LogP contribution < -0.4 is 4.72 Å². The maximum absolute atomic E-state index is 12.9. The van der Waals surface area contributed by atoms with Crippen molar-refractivity contribution < 1.29 is 17.3 Å². The van der Waals surface area contributed by atoms with Gasteiger partial charge in [-0.2, -0.15) is 4.98 Å². The molecule has 3 rings (SSSR count). The SMILES string of the molecule is O=S(=O)(NCCc1nc(-c2ccccc2Cl)no1)c1ccc(F)cc1. The predicted octanol–water partition coefficient (Wildman–Crippen LogP) is 3.05. The minimum Gasteiger partial charge on any atom is -0.339 e. The molecule has 0 amide bonds. The van der Waals surface area contributed by atoms with E-state index in [1.54, 1.807) is 24.3 Å². The van der Waals surface area contributed by atoms with E-state index in [1.165, 1.54) is 12.1 Å².